The fourth-order valence-corrected chi connectivity index (χ4v) is 2.54. The summed E-state index contributed by atoms with van der Waals surface area (Å²) in [6.07, 6.45) is 1.81. The fourth-order valence-electron chi connectivity index (χ4n) is 2.06. The Hall–Kier alpha value is -1.45. The molecule has 3 nitrogen and oxygen atoms in total. The maximum atomic E-state index is 6.13. The summed E-state index contributed by atoms with van der Waals surface area (Å²) in [5, 5.41) is 4.47. The number of halogens is 2. The molecule has 0 aliphatic heterocycles. The molecule has 2 aromatic rings. The molecule has 0 aliphatic rings. The Labute approximate surface area is 128 Å². The molecule has 5 heteroatoms. The van der Waals surface area contributed by atoms with E-state index < -0.39 is 0 Å². The Bertz CT molecular complexity index is 630. The van der Waals surface area contributed by atoms with E-state index in [1.807, 2.05) is 26.1 Å². The minimum absolute atomic E-state index is 0.573. The summed E-state index contributed by atoms with van der Waals surface area (Å²) in [5.41, 5.74) is 3.82. The first-order valence-electron chi connectivity index (χ1n) is 6.21. The van der Waals surface area contributed by atoms with Crippen LogP contribution in [0.4, 0.5) is 5.69 Å². The highest BCUT2D eigenvalue weighted by atomic mass is 35.5. The van der Waals surface area contributed by atoms with Crippen molar-refractivity contribution in [1.29, 1.82) is 0 Å². The van der Waals surface area contributed by atoms with Crippen molar-refractivity contribution in [3.8, 4) is 5.75 Å². The van der Waals surface area contributed by atoms with E-state index in [1.54, 1.807) is 19.2 Å². The van der Waals surface area contributed by atoms with Crippen LogP contribution in [0.3, 0.4) is 0 Å². The lowest BCUT2D eigenvalue weighted by Crippen LogP contribution is -2.06. The third-order valence-electron chi connectivity index (χ3n) is 3.13. The molecule has 0 aliphatic carbocycles. The van der Waals surface area contributed by atoms with Gasteiger partial charge in [-0.05, 0) is 32.0 Å². The molecule has 2 rings (SSSR count). The van der Waals surface area contributed by atoms with E-state index >= 15 is 0 Å². The van der Waals surface area contributed by atoms with Crippen LogP contribution in [0.25, 0.3) is 0 Å². The first-order valence-corrected chi connectivity index (χ1v) is 6.96. The second-order valence-electron chi connectivity index (χ2n) is 4.52. The molecular formula is C15H16Cl2N2O. The molecule has 0 unspecified atom stereocenters. The van der Waals surface area contributed by atoms with Gasteiger partial charge in [-0.3, -0.25) is 4.98 Å². The van der Waals surface area contributed by atoms with E-state index in [0.29, 0.717) is 16.6 Å². The average Bonchev–Trinajstić information content (AvgIpc) is 2.40. The lowest BCUT2D eigenvalue weighted by molar-refractivity contribution is 0.407. The third kappa shape index (κ3) is 3.17. The van der Waals surface area contributed by atoms with Crippen molar-refractivity contribution in [2.45, 2.75) is 20.4 Å². The molecule has 0 saturated heterocycles. The number of benzene rings is 1. The van der Waals surface area contributed by atoms with Crippen LogP contribution in [0.1, 0.15) is 16.8 Å². The summed E-state index contributed by atoms with van der Waals surface area (Å²) in [7, 11) is 1.67. The SMILES string of the molecule is COc1c(C)cnc(CNc2ccc(Cl)cc2Cl)c1C. The second-order valence-corrected chi connectivity index (χ2v) is 5.37. The monoisotopic (exact) mass is 310 g/mol. The molecule has 0 radical (unpaired) electrons. The fraction of sp³-hybridized carbons (Fsp3) is 0.267. The van der Waals surface area contributed by atoms with Crippen molar-refractivity contribution < 1.29 is 4.74 Å². The number of pyridine rings is 1. The van der Waals surface area contributed by atoms with Gasteiger partial charge in [-0.25, -0.2) is 0 Å². The number of aromatic nitrogens is 1. The predicted octanol–water partition coefficient (Wildman–Crippen LogP) is 4.63. The highest BCUT2D eigenvalue weighted by molar-refractivity contribution is 6.36. The molecular weight excluding hydrogens is 295 g/mol. The van der Waals surface area contributed by atoms with Crippen LogP contribution >= 0.6 is 23.2 Å². The molecule has 1 aromatic heterocycles. The highest BCUT2D eigenvalue weighted by Gasteiger charge is 2.09. The lowest BCUT2D eigenvalue weighted by atomic mass is 10.1. The smallest absolute Gasteiger partial charge is 0.128 e. The molecule has 0 fully saturated rings. The topological polar surface area (TPSA) is 34.1 Å². The van der Waals surface area contributed by atoms with Crippen molar-refractivity contribution in [3.05, 3.63) is 51.3 Å². The van der Waals surface area contributed by atoms with Gasteiger partial charge in [0.1, 0.15) is 5.75 Å². The number of methoxy groups -OCH3 is 1. The number of ether oxygens (including phenoxy) is 1. The molecule has 20 heavy (non-hydrogen) atoms. The van der Waals surface area contributed by atoms with Gasteiger partial charge in [0.2, 0.25) is 0 Å². The average molecular weight is 311 g/mol. The van der Waals surface area contributed by atoms with Crippen LogP contribution in [-0.2, 0) is 6.54 Å². The van der Waals surface area contributed by atoms with Crippen molar-refractivity contribution in [2.75, 3.05) is 12.4 Å². The van der Waals surface area contributed by atoms with Crippen molar-refractivity contribution >= 4 is 28.9 Å². The maximum absolute atomic E-state index is 6.13. The van der Waals surface area contributed by atoms with Crippen LogP contribution in [0.5, 0.6) is 5.75 Å². The molecule has 0 bridgehead atoms. The first kappa shape index (κ1) is 14.9. The van der Waals surface area contributed by atoms with Gasteiger partial charge in [-0.2, -0.15) is 0 Å². The van der Waals surface area contributed by atoms with E-state index in [0.717, 1.165) is 28.3 Å². The molecule has 106 valence electrons. The van der Waals surface area contributed by atoms with E-state index in [-0.39, 0.29) is 0 Å². The Kier molecular flexibility index (Phi) is 4.73. The summed E-state index contributed by atoms with van der Waals surface area (Å²) >= 11 is 12.0. The van der Waals surface area contributed by atoms with Crippen LogP contribution in [0.15, 0.2) is 24.4 Å². The standard InChI is InChI=1S/C15H16Cl2N2O/c1-9-7-18-14(10(2)15(9)20-3)8-19-13-5-4-11(16)6-12(13)17/h4-7,19H,8H2,1-3H3. The van der Waals surface area contributed by atoms with Crippen LogP contribution in [-0.4, -0.2) is 12.1 Å². The van der Waals surface area contributed by atoms with Gasteiger partial charge in [0, 0.05) is 22.3 Å². The molecule has 0 amide bonds. The van der Waals surface area contributed by atoms with Gasteiger partial charge in [0.25, 0.3) is 0 Å². The first-order chi connectivity index (χ1) is 9.52. The Morgan fingerprint density at radius 2 is 2.00 bits per heavy atom. The zero-order valence-electron chi connectivity index (χ0n) is 11.6. The maximum Gasteiger partial charge on any atom is 0.128 e. The molecule has 1 heterocycles. The van der Waals surface area contributed by atoms with E-state index in [9.17, 15) is 0 Å². The van der Waals surface area contributed by atoms with E-state index in [4.69, 9.17) is 27.9 Å². The van der Waals surface area contributed by atoms with Crippen molar-refractivity contribution in [1.82, 2.24) is 4.98 Å². The number of hydrogen-bond acceptors (Lipinski definition) is 3. The van der Waals surface area contributed by atoms with E-state index in [2.05, 4.69) is 10.3 Å². The van der Waals surface area contributed by atoms with Crippen LogP contribution in [0.2, 0.25) is 10.0 Å². The van der Waals surface area contributed by atoms with Gasteiger partial charge >= 0.3 is 0 Å². The summed E-state index contributed by atoms with van der Waals surface area (Å²) in [5.74, 6) is 0.874. The van der Waals surface area contributed by atoms with Gasteiger partial charge < -0.3 is 10.1 Å². The number of aryl methyl sites for hydroxylation is 1. The largest absolute Gasteiger partial charge is 0.496 e. The minimum Gasteiger partial charge on any atom is -0.496 e. The summed E-state index contributed by atoms with van der Waals surface area (Å²) in [6, 6.07) is 5.36. The molecule has 0 saturated carbocycles. The highest BCUT2D eigenvalue weighted by Crippen LogP contribution is 2.27. The lowest BCUT2D eigenvalue weighted by Gasteiger charge is -2.14. The molecule has 1 N–H and O–H groups in total. The Morgan fingerprint density at radius 1 is 1.25 bits per heavy atom. The number of hydrogen-bond donors (Lipinski definition) is 1. The van der Waals surface area contributed by atoms with Gasteiger partial charge in [0.15, 0.2) is 0 Å². The number of rotatable bonds is 4. The Balaban J connectivity index is 2.19. The quantitative estimate of drug-likeness (QED) is 0.894. The van der Waals surface area contributed by atoms with Crippen molar-refractivity contribution in [3.63, 3.8) is 0 Å². The second kappa shape index (κ2) is 6.33. The summed E-state index contributed by atoms with van der Waals surface area (Å²) in [6.45, 7) is 4.55. The van der Waals surface area contributed by atoms with Crippen LogP contribution < -0.4 is 10.1 Å². The van der Waals surface area contributed by atoms with Gasteiger partial charge in [-0.15, -0.1) is 0 Å². The minimum atomic E-state index is 0.573. The molecule has 1 aromatic carbocycles. The summed E-state index contributed by atoms with van der Waals surface area (Å²) in [4.78, 5) is 4.44. The van der Waals surface area contributed by atoms with Gasteiger partial charge in [-0.1, -0.05) is 23.2 Å². The molecule has 0 spiro atoms. The predicted molar refractivity (Wildman–Crippen MR) is 84.1 cm³/mol. The number of nitrogens with zero attached hydrogens (tertiary/aromatic N) is 1. The third-order valence-corrected chi connectivity index (χ3v) is 3.68. The zero-order valence-corrected chi connectivity index (χ0v) is 13.1. The van der Waals surface area contributed by atoms with Gasteiger partial charge in [0.05, 0.1) is 30.1 Å². The van der Waals surface area contributed by atoms with E-state index in [1.165, 1.54) is 0 Å². The number of anilines is 1. The number of nitrogens with one attached hydrogen (secondary N) is 1. The van der Waals surface area contributed by atoms with Crippen molar-refractivity contribution in [2.24, 2.45) is 0 Å². The van der Waals surface area contributed by atoms with Crippen LogP contribution in [0, 0.1) is 13.8 Å². The molecule has 0 atom stereocenters. The Morgan fingerprint density at radius 3 is 2.65 bits per heavy atom. The zero-order chi connectivity index (χ0) is 14.7. The summed E-state index contributed by atoms with van der Waals surface area (Å²) < 4.78 is 5.40. The normalized spacial score (nSPS) is 10.4.